The normalized spacial score (nSPS) is 48.1. The predicted molar refractivity (Wildman–Crippen MR) is 51.5 cm³/mol. The molecule has 3 saturated carbocycles. The average Bonchev–Trinajstić information content (AvgIpc) is 2.58. The lowest BCUT2D eigenvalue weighted by Gasteiger charge is -2.04. The van der Waals surface area contributed by atoms with Crippen molar-refractivity contribution in [1.82, 2.24) is 5.16 Å². The summed E-state index contributed by atoms with van der Waals surface area (Å²) in [6, 6.07) is 1.92. The van der Waals surface area contributed by atoms with Gasteiger partial charge in [0.1, 0.15) is 5.76 Å². The zero-order valence-corrected chi connectivity index (χ0v) is 8.02. The number of nitrogens with two attached hydrogens (primary N) is 1. The van der Waals surface area contributed by atoms with Gasteiger partial charge >= 0.3 is 0 Å². The van der Waals surface area contributed by atoms with Crippen molar-refractivity contribution in [2.75, 3.05) is 5.73 Å². The Labute approximate surface area is 82.6 Å². The third-order valence-electron chi connectivity index (χ3n) is 4.61. The molecule has 1 aromatic rings. The molecule has 3 aliphatic rings. The topological polar surface area (TPSA) is 52.0 Å². The van der Waals surface area contributed by atoms with E-state index >= 15 is 0 Å². The summed E-state index contributed by atoms with van der Waals surface area (Å²) in [4.78, 5) is 0. The van der Waals surface area contributed by atoms with Crippen molar-refractivity contribution in [2.45, 2.75) is 25.2 Å². The highest BCUT2D eigenvalue weighted by molar-refractivity contribution is 5.34. The van der Waals surface area contributed by atoms with Crippen LogP contribution in [0.25, 0.3) is 0 Å². The smallest absolute Gasteiger partial charge is 0.167 e. The van der Waals surface area contributed by atoms with Gasteiger partial charge in [-0.1, -0.05) is 5.16 Å². The molecule has 3 heteroatoms. The molecular formula is C11H14N2O. The maximum Gasteiger partial charge on any atom is 0.167 e. The van der Waals surface area contributed by atoms with E-state index in [4.69, 9.17) is 10.3 Å². The molecule has 2 bridgehead atoms. The highest BCUT2D eigenvalue weighted by atomic mass is 16.5. The summed E-state index contributed by atoms with van der Waals surface area (Å²) in [5.41, 5.74) is 5.57. The Bertz CT molecular complexity index is 370. The molecule has 0 spiro atoms. The van der Waals surface area contributed by atoms with Gasteiger partial charge < -0.3 is 10.3 Å². The number of rotatable bonds is 1. The molecule has 0 radical (unpaired) electrons. The van der Waals surface area contributed by atoms with Crippen LogP contribution in [0.15, 0.2) is 10.6 Å². The predicted octanol–water partition coefficient (Wildman–Crippen LogP) is 2.02. The Morgan fingerprint density at radius 1 is 1.29 bits per heavy atom. The van der Waals surface area contributed by atoms with Crippen molar-refractivity contribution < 1.29 is 4.52 Å². The van der Waals surface area contributed by atoms with Crippen LogP contribution in [0.4, 0.5) is 5.82 Å². The van der Waals surface area contributed by atoms with Crippen LogP contribution >= 0.6 is 0 Å². The molecule has 4 atom stereocenters. The number of nitrogen functional groups attached to an aromatic ring is 1. The van der Waals surface area contributed by atoms with Gasteiger partial charge in [-0.3, -0.25) is 0 Å². The fourth-order valence-electron chi connectivity index (χ4n) is 4.17. The van der Waals surface area contributed by atoms with Gasteiger partial charge in [0.2, 0.25) is 0 Å². The molecule has 0 saturated heterocycles. The molecule has 1 heterocycles. The first-order valence-electron chi connectivity index (χ1n) is 5.56. The number of nitrogens with zero attached hydrogens (tertiary/aromatic N) is 1. The Hall–Kier alpha value is -0.990. The van der Waals surface area contributed by atoms with Gasteiger partial charge in [-0.15, -0.1) is 0 Å². The first kappa shape index (κ1) is 7.32. The van der Waals surface area contributed by atoms with Crippen LogP contribution in [0, 0.1) is 23.7 Å². The van der Waals surface area contributed by atoms with Crippen molar-refractivity contribution in [3.05, 3.63) is 11.8 Å². The van der Waals surface area contributed by atoms with Crippen LogP contribution in [-0.2, 0) is 0 Å². The fraction of sp³-hybridized carbons (Fsp3) is 0.727. The Balaban J connectivity index is 1.66. The summed E-state index contributed by atoms with van der Waals surface area (Å²) >= 11 is 0. The van der Waals surface area contributed by atoms with Gasteiger partial charge in [0.25, 0.3) is 0 Å². The van der Waals surface area contributed by atoms with Crippen molar-refractivity contribution in [3.63, 3.8) is 0 Å². The van der Waals surface area contributed by atoms with E-state index in [1.807, 2.05) is 6.07 Å². The number of anilines is 1. The number of fused-ring (bicyclic) bond motifs is 5. The van der Waals surface area contributed by atoms with Crippen molar-refractivity contribution in [1.29, 1.82) is 0 Å². The van der Waals surface area contributed by atoms with Crippen LogP contribution in [0.3, 0.4) is 0 Å². The van der Waals surface area contributed by atoms with E-state index in [9.17, 15) is 0 Å². The van der Waals surface area contributed by atoms with Gasteiger partial charge in [0, 0.05) is 12.0 Å². The third kappa shape index (κ3) is 0.725. The minimum atomic E-state index is 0.539. The van der Waals surface area contributed by atoms with E-state index < -0.39 is 0 Å². The standard InChI is InChI=1S/C11H14N2O/c12-8-4-7(14-13-8)11-9-5-1-2-6(3-5)10(9)11/h4-6,9-11H,1-3H2,(H2,12,13). The summed E-state index contributed by atoms with van der Waals surface area (Å²) in [7, 11) is 0. The van der Waals surface area contributed by atoms with Gasteiger partial charge in [0.05, 0.1) is 0 Å². The second kappa shape index (κ2) is 2.15. The molecule has 0 amide bonds. The van der Waals surface area contributed by atoms with E-state index in [2.05, 4.69) is 5.16 Å². The summed E-state index contributed by atoms with van der Waals surface area (Å²) < 4.78 is 5.27. The van der Waals surface area contributed by atoms with Crippen LogP contribution in [-0.4, -0.2) is 5.16 Å². The van der Waals surface area contributed by atoms with Crippen LogP contribution in [0.5, 0.6) is 0 Å². The Kier molecular flexibility index (Phi) is 1.13. The highest BCUT2D eigenvalue weighted by Gasteiger charge is 2.66. The molecule has 3 aliphatic carbocycles. The lowest BCUT2D eigenvalue weighted by molar-refractivity contribution is 0.364. The van der Waals surface area contributed by atoms with E-state index in [1.54, 1.807) is 0 Å². The molecule has 14 heavy (non-hydrogen) atoms. The maximum absolute atomic E-state index is 5.57. The summed E-state index contributed by atoms with van der Waals surface area (Å²) in [5.74, 6) is 6.07. The van der Waals surface area contributed by atoms with E-state index in [-0.39, 0.29) is 0 Å². The van der Waals surface area contributed by atoms with E-state index in [0.29, 0.717) is 11.7 Å². The monoisotopic (exact) mass is 190 g/mol. The van der Waals surface area contributed by atoms with Gasteiger partial charge in [-0.2, -0.15) is 0 Å². The summed E-state index contributed by atoms with van der Waals surface area (Å²) in [5, 5.41) is 3.78. The van der Waals surface area contributed by atoms with Crippen LogP contribution < -0.4 is 5.73 Å². The molecule has 0 aromatic carbocycles. The van der Waals surface area contributed by atoms with Crippen LogP contribution in [0.1, 0.15) is 30.9 Å². The van der Waals surface area contributed by atoms with Crippen molar-refractivity contribution in [3.8, 4) is 0 Å². The molecule has 3 nitrogen and oxygen atoms in total. The van der Waals surface area contributed by atoms with E-state index in [0.717, 1.165) is 29.4 Å². The van der Waals surface area contributed by atoms with Crippen molar-refractivity contribution in [2.24, 2.45) is 23.7 Å². The molecule has 3 fully saturated rings. The minimum absolute atomic E-state index is 0.539. The molecule has 1 aromatic heterocycles. The Morgan fingerprint density at radius 3 is 2.57 bits per heavy atom. The quantitative estimate of drug-likeness (QED) is 0.737. The number of aromatic nitrogens is 1. The van der Waals surface area contributed by atoms with Gasteiger partial charge in [-0.05, 0) is 42.9 Å². The molecule has 4 rings (SSSR count). The molecular weight excluding hydrogens is 176 g/mol. The SMILES string of the molecule is Nc1cc(C2C3C4CCC(C4)C23)on1. The largest absolute Gasteiger partial charge is 0.381 e. The highest BCUT2D eigenvalue weighted by Crippen LogP contribution is 2.73. The first-order chi connectivity index (χ1) is 6.84. The minimum Gasteiger partial charge on any atom is -0.381 e. The molecule has 2 N–H and O–H groups in total. The number of hydrogen-bond acceptors (Lipinski definition) is 3. The lowest BCUT2D eigenvalue weighted by atomic mass is 10.0. The second-order valence-electron chi connectivity index (χ2n) is 5.17. The summed E-state index contributed by atoms with van der Waals surface area (Å²) in [6.07, 6.45) is 4.38. The average molecular weight is 190 g/mol. The third-order valence-corrected chi connectivity index (χ3v) is 4.61. The molecule has 4 unspecified atom stereocenters. The van der Waals surface area contributed by atoms with Crippen LogP contribution in [0.2, 0.25) is 0 Å². The summed E-state index contributed by atoms with van der Waals surface area (Å²) in [6.45, 7) is 0. The zero-order chi connectivity index (χ0) is 9.28. The fourth-order valence-corrected chi connectivity index (χ4v) is 4.17. The molecule has 74 valence electrons. The maximum atomic E-state index is 5.57. The lowest BCUT2D eigenvalue weighted by Crippen LogP contribution is -1.96. The second-order valence-corrected chi connectivity index (χ2v) is 5.17. The van der Waals surface area contributed by atoms with Gasteiger partial charge in [0.15, 0.2) is 5.82 Å². The van der Waals surface area contributed by atoms with E-state index in [1.165, 1.54) is 19.3 Å². The first-order valence-corrected chi connectivity index (χ1v) is 5.56. The zero-order valence-electron chi connectivity index (χ0n) is 8.02. The Morgan fingerprint density at radius 2 is 2.00 bits per heavy atom. The molecule has 0 aliphatic heterocycles. The van der Waals surface area contributed by atoms with Crippen molar-refractivity contribution >= 4 is 5.82 Å². The van der Waals surface area contributed by atoms with Gasteiger partial charge in [-0.25, -0.2) is 0 Å². The number of hydrogen-bond donors (Lipinski definition) is 1.